The van der Waals surface area contributed by atoms with Gasteiger partial charge in [0.1, 0.15) is 0 Å². The summed E-state index contributed by atoms with van der Waals surface area (Å²) in [6, 6.07) is 0. The molecule has 79 valence electrons. The van der Waals surface area contributed by atoms with Crippen LogP contribution >= 0.6 is 23.5 Å². The van der Waals surface area contributed by atoms with Crippen LogP contribution in [0, 0.1) is 11.8 Å². The van der Waals surface area contributed by atoms with E-state index in [-0.39, 0.29) is 0 Å². The summed E-state index contributed by atoms with van der Waals surface area (Å²) in [6.45, 7) is 4.46. The predicted molar refractivity (Wildman–Crippen MR) is 71.0 cm³/mol. The molecule has 0 amide bonds. The van der Waals surface area contributed by atoms with E-state index < -0.39 is 0 Å². The van der Waals surface area contributed by atoms with Gasteiger partial charge in [0.15, 0.2) is 0 Å². The van der Waals surface area contributed by atoms with Gasteiger partial charge in [-0.3, -0.25) is 0 Å². The van der Waals surface area contributed by atoms with E-state index in [0.29, 0.717) is 5.92 Å². The van der Waals surface area contributed by atoms with E-state index in [1.807, 2.05) is 23.5 Å². The molecule has 1 radical (unpaired) electrons. The lowest BCUT2D eigenvalue weighted by Crippen LogP contribution is -2.15. The van der Waals surface area contributed by atoms with Crippen molar-refractivity contribution in [1.82, 2.24) is 0 Å². The van der Waals surface area contributed by atoms with Crippen molar-refractivity contribution in [1.29, 1.82) is 0 Å². The molecule has 0 saturated heterocycles. The van der Waals surface area contributed by atoms with Crippen LogP contribution in [0.1, 0.15) is 13.8 Å². The summed E-state index contributed by atoms with van der Waals surface area (Å²) in [4.78, 5) is 0. The second kappa shape index (κ2) is 7.47. The Morgan fingerprint density at radius 2 is 1.93 bits per heavy atom. The van der Waals surface area contributed by atoms with Gasteiger partial charge < -0.3 is 0 Å². The van der Waals surface area contributed by atoms with E-state index in [9.17, 15) is 0 Å². The zero-order valence-electron chi connectivity index (χ0n) is 9.03. The number of thioether (sulfide) groups is 2. The highest BCUT2D eigenvalue weighted by atomic mass is 32.2. The molecule has 0 aromatic heterocycles. The molecule has 1 rings (SSSR count). The minimum absolute atomic E-state index is 0.684. The minimum atomic E-state index is 0.684. The van der Waals surface area contributed by atoms with Crippen molar-refractivity contribution in [2.75, 3.05) is 23.0 Å². The number of hydrogen-bond acceptors (Lipinski definition) is 2. The molecule has 0 aromatic rings. The van der Waals surface area contributed by atoms with Crippen molar-refractivity contribution >= 4 is 23.5 Å². The molecule has 0 saturated carbocycles. The van der Waals surface area contributed by atoms with Gasteiger partial charge in [0.25, 0.3) is 0 Å². The molecule has 0 fully saturated rings. The lowest BCUT2D eigenvalue weighted by Gasteiger charge is -2.22. The van der Waals surface area contributed by atoms with Gasteiger partial charge in [-0.25, -0.2) is 0 Å². The molecular weight excluding hydrogens is 208 g/mol. The average Bonchev–Trinajstić information content (AvgIpc) is 2.24. The van der Waals surface area contributed by atoms with E-state index in [2.05, 4.69) is 38.2 Å². The Labute approximate surface area is 96.6 Å². The van der Waals surface area contributed by atoms with Crippen LogP contribution in [0.3, 0.4) is 0 Å². The van der Waals surface area contributed by atoms with Gasteiger partial charge in [0.05, 0.1) is 0 Å². The summed E-state index contributed by atoms with van der Waals surface area (Å²) in [5.41, 5.74) is 0. The fourth-order valence-electron chi connectivity index (χ4n) is 1.41. The Bertz CT molecular complexity index is 174. The van der Waals surface area contributed by atoms with Crippen molar-refractivity contribution < 1.29 is 0 Å². The fourth-order valence-corrected chi connectivity index (χ4v) is 2.97. The van der Waals surface area contributed by atoms with E-state index in [0.717, 1.165) is 0 Å². The number of allylic oxidation sites excluding steroid dienone is 4. The lowest BCUT2D eigenvalue weighted by molar-refractivity contribution is 0.793. The fraction of sp³-hybridized carbons (Fsp3) is 0.583. The standard InChI is InChI=1S/C12H19S2/c1-3-13-9-11-7-5-6-8-12(11)10-14-4-2/h5-8,11H,3-4,9-10H2,1-2H3. The van der Waals surface area contributed by atoms with Crippen LogP contribution < -0.4 is 0 Å². The van der Waals surface area contributed by atoms with Gasteiger partial charge in [-0.1, -0.05) is 38.2 Å². The van der Waals surface area contributed by atoms with Gasteiger partial charge in [0.2, 0.25) is 0 Å². The predicted octanol–water partition coefficient (Wildman–Crippen LogP) is 3.81. The first-order chi connectivity index (χ1) is 6.88. The third kappa shape index (κ3) is 4.14. The van der Waals surface area contributed by atoms with E-state index in [1.165, 1.54) is 23.0 Å². The molecule has 14 heavy (non-hydrogen) atoms. The Hall–Kier alpha value is 0.180. The average molecular weight is 227 g/mol. The van der Waals surface area contributed by atoms with Crippen LogP contribution in [-0.2, 0) is 0 Å². The van der Waals surface area contributed by atoms with Gasteiger partial charge >= 0.3 is 0 Å². The monoisotopic (exact) mass is 227 g/mol. The maximum Gasteiger partial charge on any atom is 0.0151 e. The van der Waals surface area contributed by atoms with E-state index >= 15 is 0 Å². The summed E-state index contributed by atoms with van der Waals surface area (Å²) in [5.74, 6) is 7.17. The van der Waals surface area contributed by atoms with Crippen LogP contribution in [-0.4, -0.2) is 23.0 Å². The SMILES string of the molecule is CCSC[C]1C=CC=CC1CSCC. The first-order valence-electron chi connectivity index (χ1n) is 5.24. The van der Waals surface area contributed by atoms with Crippen LogP contribution in [0.2, 0.25) is 0 Å². The molecule has 1 aliphatic rings. The normalized spacial score (nSPS) is 21.7. The first-order valence-corrected chi connectivity index (χ1v) is 7.55. The minimum Gasteiger partial charge on any atom is -0.162 e. The summed E-state index contributed by atoms with van der Waals surface area (Å²) < 4.78 is 0. The molecule has 0 spiro atoms. The first kappa shape index (κ1) is 12.3. The summed E-state index contributed by atoms with van der Waals surface area (Å²) in [5, 5.41) is 0. The third-order valence-electron chi connectivity index (χ3n) is 2.22. The Morgan fingerprint density at radius 1 is 1.14 bits per heavy atom. The highest BCUT2D eigenvalue weighted by Crippen LogP contribution is 2.28. The Morgan fingerprint density at radius 3 is 2.64 bits per heavy atom. The molecule has 0 aliphatic heterocycles. The quantitative estimate of drug-likeness (QED) is 0.677. The second-order valence-electron chi connectivity index (χ2n) is 3.22. The van der Waals surface area contributed by atoms with Crippen LogP contribution in [0.15, 0.2) is 24.3 Å². The lowest BCUT2D eigenvalue weighted by atomic mass is 9.92. The maximum atomic E-state index is 2.34. The molecule has 0 aromatic carbocycles. The Balaban J connectivity index is 2.36. The maximum absolute atomic E-state index is 2.34. The zero-order chi connectivity index (χ0) is 10.2. The van der Waals surface area contributed by atoms with Crippen molar-refractivity contribution in [3.05, 3.63) is 30.2 Å². The summed E-state index contributed by atoms with van der Waals surface area (Å²) >= 11 is 4.06. The zero-order valence-corrected chi connectivity index (χ0v) is 10.7. The van der Waals surface area contributed by atoms with Crippen LogP contribution in [0.5, 0.6) is 0 Å². The molecule has 0 N–H and O–H groups in total. The topological polar surface area (TPSA) is 0 Å². The molecule has 0 heterocycles. The van der Waals surface area contributed by atoms with Crippen LogP contribution in [0.25, 0.3) is 0 Å². The highest BCUT2D eigenvalue weighted by molar-refractivity contribution is 7.99. The molecule has 2 heteroatoms. The van der Waals surface area contributed by atoms with Gasteiger partial charge in [-0.05, 0) is 17.4 Å². The highest BCUT2D eigenvalue weighted by Gasteiger charge is 2.18. The number of hydrogen-bond donors (Lipinski definition) is 0. The van der Waals surface area contributed by atoms with Gasteiger partial charge in [-0.2, -0.15) is 23.5 Å². The molecule has 1 aliphatic carbocycles. The van der Waals surface area contributed by atoms with Crippen LogP contribution in [0.4, 0.5) is 0 Å². The van der Waals surface area contributed by atoms with Crippen molar-refractivity contribution in [3.8, 4) is 0 Å². The van der Waals surface area contributed by atoms with Crippen molar-refractivity contribution in [2.24, 2.45) is 5.92 Å². The second-order valence-corrected chi connectivity index (χ2v) is 5.82. The smallest absolute Gasteiger partial charge is 0.0151 e. The number of rotatable bonds is 6. The van der Waals surface area contributed by atoms with E-state index in [4.69, 9.17) is 0 Å². The third-order valence-corrected chi connectivity index (χ3v) is 4.16. The van der Waals surface area contributed by atoms with E-state index in [1.54, 1.807) is 5.92 Å². The molecule has 0 nitrogen and oxygen atoms in total. The molecule has 0 bridgehead atoms. The largest absolute Gasteiger partial charge is 0.162 e. The summed E-state index contributed by atoms with van der Waals surface area (Å²) in [6.07, 6.45) is 8.98. The molecule has 1 atom stereocenters. The summed E-state index contributed by atoms with van der Waals surface area (Å²) in [7, 11) is 0. The Kier molecular flexibility index (Phi) is 6.54. The van der Waals surface area contributed by atoms with Crippen molar-refractivity contribution in [3.63, 3.8) is 0 Å². The molecular formula is C12H19S2. The van der Waals surface area contributed by atoms with Crippen molar-refractivity contribution in [2.45, 2.75) is 13.8 Å². The van der Waals surface area contributed by atoms with Gasteiger partial charge in [0, 0.05) is 17.4 Å². The van der Waals surface area contributed by atoms with Gasteiger partial charge in [-0.15, -0.1) is 0 Å². The molecule has 1 unspecified atom stereocenters.